The number of carbonyl (C=O) groups is 3. The largest absolute Gasteiger partial charge is 0.508 e. The van der Waals surface area contributed by atoms with E-state index in [1.807, 2.05) is 61.5 Å². The molecule has 4 N–H and O–H groups in total. The second-order valence-corrected chi connectivity index (χ2v) is 12.9. The number of nitrogens with zero attached hydrogens (tertiary/aromatic N) is 1. The van der Waals surface area contributed by atoms with E-state index in [1.54, 1.807) is 30.8 Å². The highest BCUT2D eigenvalue weighted by Crippen LogP contribution is 2.51. The summed E-state index contributed by atoms with van der Waals surface area (Å²) >= 11 is 1.62. The number of hydrogen-bond acceptors (Lipinski definition) is 6. The van der Waals surface area contributed by atoms with Crippen molar-refractivity contribution in [2.24, 2.45) is 0 Å². The van der Waals surface area contributed by atoms with Crippen molar-refractivity contribution in [3.05, 3.63) is 101 Å². The maximum Gasteiger partial charge on any atom is 0.254 e. The standard InChI is InChI=1S/C34H39N3O5S/c1-22-11-6-7-14-25(22)20-35-32(41)30-34(17-8-9-18-34)43-21-37(30)33(42)29(39)27(19-24-12-4-3-5-13-24)36-31(40)26-15-10-16-28(38)23(26)2/h3-7,10-16,27,29-30,38-39H,8-9,17-21H2,1-2H3,(H,35,41)(H,36,40)/t27-,29-,30-/m0/s1. The fourth-order valence-electron chi connectivity index (χ4n) is 6.25. The highest BCUT2D eigenvalue weighted by molar-refractivity contribution is 8.01. The minimum Gasteiger partial charge on any atom is -0.508 e. The molecule has 0 unspecified atom stereocenters. The zero-order chi connectivity index (χ0) is 30.6. The number of benzene rings is 3. The molecule has 9 heteroatoms. The second-order valence-electron chi connectivity index (χ2n) is 11.6. The van der Waals surface area contributed by atoms with Crippen molar-refractivity contribution in [3.8, 4) is 5.75 Å². The average molecular weight is 602 g/mol. The summed E-state index contributed by atoms with van der Waals surface area (Å²) in [5, 5.41) is 27.7. The fourth-order valence-corrected chi connectivity index (χ4v) is 7.89. The molecule has 0 radical (unpaired) electrons. The first kappa shape index (κ1) is 30.6. The quantitative estimate of drug-likeness (QED) is 0.291. The Labute approximate surface area is 256 Å². The van der Waals surface area contributed by atoms with E-state index >= 15 is 0 Å². The smallest absolute Gasteiger partial charge is 0.254 e. The first-order chi connectivity index (χ1) is 20.7. The van der Waals surface area contributed by atoms with Crippen LogP contribution in [0.15, 0.2) is 72.8 Å². The molecule has 3 aromatic carbocycles. The number of aryl methyl sites for hydroxylation is 1. The van der Waals surface area contributed by atoms with Gasteiger partial charge in [-0.15, -0.1) is 11.8 Å². The summed E-state index contributed by atoms with van der Waals surface area (Å²) in [6.07, 6.45) is 2.21. The van der Waals surface area contributed by atoms with Crippen LogP contribution >= 0.6 is 11.8 Å². The van der Waals surface area contributed by atoms with Crippen LogP contribution in [0.5, 0.6) is 5.75 Å². The summed E-state index contributed by atoms with van der Waals surface area (Å²) in [6.45, 7) is 3.99. The lowest BCUT2D eigenvalue weighted by Crippen LogP contribution is -2.59. The molecule has 2 aliphatic rings. The van der Waals surface area contributed by atoms with Gasteiger partial charge in [0.15, 0.2) is 6.10 Å². The summed E-state index contributed by atoms with van der Waals surface area (Å²) in [7, 11) is 0. The van der Waals surface area contributed by atoms with Crippen molar-refractivity contribution in [2.75, 3.05) is 5.88 Å². The van der Waals surface area contributed by atoms with Gasteiger partial charge in [-0.1, -0.05) is 73.5 Å². The SMILES string of the molecule is Cc1ccccc1CNC(=O)[C@@H]1N(C(=O)[C@@H](O)[C@H](Cc2ccccc2)NC(=O)c2cccc(O)c2C)CSC12CCCC2. The molecule has 1 saturated heterocycles. The lowest BCUT2D eigenvalue weighted by Gasteiger charge is -2.35. The number of aromatic hydroxyl groups is 1. The van der Waals surface area contributed by atoms with Crippen LogP contribution in [-0.2, 0) is 22.6 Å². The van der Waals surface area contributed by atoms with E-state index in [4.69, 9.17) is 0 Å². The van der Waals surface area contributed by atoms with Gasteiger partial charge in [-0.3, -0.25) is 14.4 Å². The lowest BCUT2D eigenvalue weighted by molar-refractivity contribution is -0.147. The molecule has 226 valence electrons. The van der Waals surface area contributed by atoms with Gasteiger partial charge in [0.05, 0.1) is 11.9 Å². The minimum atomic E-state index is -1.59. The van der Waals surface area contributed by atoms with Gasteiger partial charge in [0.2, 0.25) is 5.91 Å². The highest BCUT2D eigenvalue weighted by Gasteiger charge is 2.55. The monoisotopic (exact) mass is 601 g/mol. The zero-order valence-electron chi connectivity index (χ0n) is 24.6. The Morgan fingerprint density at radius 1 is 0.977 bits per heavy atom. The Balaban J connectivity index is 1.39. The third-order valence-corrected chi connectivity index (χ3v) is 10.4. The zero-order valence-corrected chi connectivity index (χ0v) is 25.4. The van der Waals surface area contributed by atoms with Crippen LogP contribution in [0.3, 0.4) is 0 Å². The molecule has 0 aromatic heterocycles. The van der Waals surface area contributed by atoms with E-state index in [1.165, 1.54) is 11.0 Å². The summed E-state index contributed by atoms with van der Waals surface area (Å²) in [5.41, 5.74) is 3.58. The van der Waals surface area contributed by atoms with Gasteiger partial charge in [0.1, 0.15) is 11.8 Å². The number of thioether (sulfide) groups is 1. The third kappa shape index (κ3) is 6.58. The van der Waals surface area contributed by atoms with Gasteiger partial charge in [-0.2, -0.15) is 0 Å². The number of amides is 3. The molecule has 1 saturated carbocycles. The Hall–Kier alpha value is -3.82. The van der Waals surface area contributed by atoms with Gasteiger partial charge in [-0.25, -0.2) is 0 Å². The van der Waals surface area contributed by atoms with Crippen molar-refractivity contribution in [2.45, 2.75) is 75.4 Å². The van der Waals surface area contributed by atoms with Crippen LogP contribution in [0, 0.1) is 13.8 Å². The third-order valence-electron chi connectivity index (χ3n) is 8.80. The maximum atomic E-state index is 14.1. The molecule has 2 fully saturated rings. The molecular weight excluding hydrogens is 562 g/mol. The summed E-state index contributed by atoms with van der Waals surface area (Å²) in [6, 6.07) is 20.2. The van der Waals surface area contributed by atoms with Crippen LogP contribution in [0.1, 0.15) is 58.3 Å². The van der Waals surface area contributed by atoms with Crippen LogP contribution in [0.2, 0.25) is 0 Å². The maximum absolute atomic E-state index is 14.1. The second kappa shape index (κ2) is 13.2. The van der Waals surface area contributed by atoms with Crippen molar-refractivity contribution in [1.29, 1.82) is 0 Å². The molecule has 1 aliphatic carbocycles. The molecule has 1 spiro atoms. The molecule has 3 amide bonds. The molecule has 3 atom stereocenters. The van der Waals surface area contributed by atoms with E-state index in [2.05, 4.69) is 10.6 Å². The van der Waals surface area contributed by atoms with Crippen molar-refractivity contribution in [1.82, 2.24) is 15.5 Å². The number of hydrogen-bond donors (Lipinski definition) is 4. The number of phenolic OH excluding ortho intramolecular Hbond substituents is 1. The summed E-state index contributed by atoms with van der Waals surface area (Å²) in [4.78, 5) is 42.8. The molecule has 3 aromatic rings. The molecule has 5 rings (SSSR count). The normalized spacial score (nSPS) is 18.8. The topological polar surface area (TPSA) is 119 Å². The number of aliphatic hydroxyl groups is 1. The summed E-state index contributed by atoms with van der Waals surface area (Å²) < 4.78 is -0.401. The van der Waals surface area contributed by atoms with Crippen LogP contribution in [0.4, 0.5) is 0 Å². The molecule has 1 aliphatic heterocycles. The van der Waals surface area contributed by atoms with Crippen LogP contribution in [-0.4, -0.2) is 61.6 Å². The van der Waals surface area contributed by atoms with Gasteiger partial charge < -0.3 is 25.7 Å². The molecular formula is C34H39N3O5S. The number of aliphatic hydroxyl groups excluding tert-OH is 1. The molecule has 8 nitrogen and oxygen atoms in total. The van der Waals surface area contributed by atoms with Crippen LogP contribution < -0.4 is 10.6 Å². The lowest BCUT2D eigenvalue weighted by atomic mass is 9.93. The van der Waals surface area contributed by atoms with Gasteiger partial charge >= 0.3 is 0 Å². The van der Waals surface area contributed by atoms with Gasteiger partial charge in [0, 0.05) is 22.4 Å². The first-order valence-corrected chi connectivity index (χ1v) is 15.8. The van der Waals surface area contributed by atoms with E-state index < -0.39 is 34.7 Å². The predicted molar refractivity (Wildman–Crippen MR) is 168 cm³/mol. The van der Waals surface area contributed by atoms with Crippen molar-refractivity contribution in [3.63, 3.8) is 0 Å². The Morgan fingerprint density at radius 3 is 2.40 bits per heavy atom. The van der Waals surface area contributed by atoms with E-state index in [9.17, 15) is 24.6 Å². The minimum absolute atomic E-state index is 0.0145. The molecule has 43 heavy (non-hydrogen) atoms. The molecule has 1 heterocycles. The Morgan fingerprint density at radius 2 is 1.67 bits per heavy atom. The van der Waals surface area contributed by atoms with Crippen molar-refractivity contribution < 1.29 is 24.6 Å². The fraction of sp³-hybridized carbons (Fsp3) is 0.382. The number of carbonyl (C=O) groups excluding carboxylic acids is 3. The predicted octanol–water partition coefficient (Wildman–Crippen LogP) is 4.24. The van der Waals surface area contributed by atoms with Gasteiger partial charge in [-0.05, 0) is 61.9 Å². The van der Waals surface area contributed by atoms with Gasteiger partial charge in [0.25, 0.3) is 11.8 Å². The Bertz CT molecular complexity index is 1470. The van der Waals surface area contributed by atoms with Crippen molar-refractivity contribution >= 4 is 29.5 Å². The summed E-state index contributed by atoms with van der Waals surface area (Å²) in [5.74, 6) is -1.04. The van der Waals surface area contributed by atoms with E-state index in [0.29, 0.717) is 12.1 Å². The molecule has 0 bridgehead atoms. The van der Waals surface area contributed by atoms with E-state index in [-0.39, 0.29) is 29.5 Å². The number of nitrogens with one attached hydrogen (secondary N) is 2. The Kier molecular flexibility index (Phi) is 9.42. The highest BCUT2D eigenvalue weighted by atomic mass is 32.2. The van der Waals surface area contributed by atoms with Crippen LogP contribution in [0.25, 0.3) is 0 Å². The average Bonchev–Trinajstić information content (AvgIpc) is 3.64. The number of phenols is 1. The first-order valence-electron chi connectivity index (χ1n) is 14.8. The number of rotatable bonds is 9. The van der Waals surface area contributed by atoms with E-state index in [0.717, 1.165) is 42.4 Å².